The highest BCUT2D eigenvalue weighted by molar-refractivity contribution is 14.0. The number of nitrogens with one attached hydrogen (secondary N) is 2. The molecule has 2 saturated heterocycles. The van der Waals surface area contributed by atoms with Crippen molar-refractivity contribution in [2.45, 2.75) is 25.8 Å². The van der Waals surface area contributed by atoms with Gasteiger partial charge in [-0.1, -0.05) is 6.92 Å². The van der Waals surface area contributed by atoms with E-state index < -0.39 is 0 Å². The number of likely N-dealkylation sites (tertiary alicyclic amines) is 1. The molecule has 6 nitrogen and oxygen atoms in total. The molecular formula is C18H30FIN6. The van der Waals surface area contributed by atoms with Gasteiger partial charge in [0.1, 0.15) is 0 Å². The summed E-state index contributed by atoms with van der Waals surface area (Å²) in [4.78, 5) is 13.0. The average molecular weight is 476 g/mol. The predicted octanol–water partition coefficient (Wildman–Crippen LogP) is 1.92. The highest BCUT2D eigenvalue weighted by Gasteiger charge is 2.26. The minimum atomic E-state index is -0.257. The summed E-state index contributed by atoms with van der Waals surface area (Å²) < 4.78 is 13.9. The van der Waals surface area contributed by atoms with Crippen molar-refractivity contribution in [3.63, 3.8) is 0 Å². The van der Waals surface area contributed by atoms with Crippen LogP contribution in [-0.4, -0.2) is 68.2 Å². The van der Waals surface area contributed by atoms with E-state index in [4.69, 9.17) is 0 Å². The predicted molar refractivity (Wildman–Crippen MR) is 115 cm³/mol. The minimum Gasteiger partial charge on any atom is -0.356 e. The first-order valence-corrected chi connectivity index (χ1v) is 9.24. The zero-order chi connectivity index (χ0) is 17.6. The average Bonchev–Trinajstić information content (AvgIpc) is 3.28. The van der Waals surface area contributed by atoms with Crippen LogP contribution >= 0.6 is 24.0 Å². The summed E-state index contributed by atoms with van der Waals surface area (Å²) in [6, 6.07) is 3.34. The molecule has 0 aliphatic carbocycles. The fourth-order valence-corrected chi connectivity index (χ4v) is 3.68. The smallest absolute Gasteiger partial charge is 0.191 e. The van der Waals surface area contributed by atoms with E-state index in [9.17, 15) is 4.39 Å². The molecule has 1 aromatic heterocycles. The molecule has 0 saturated carbocycles. The van der Waals surface area contributed by atoms with Gasteiger partial charge >= 0.3 is 0 Å². The Morgan fingerprint density at radius 3 is 2.88 bits per heavy atom. The van der Waals surface area contributed by atoms with Crippen LogP contribution in [0.5, 0.6) is 0 Å². The Morgan fingerprint density at radius 2 is 2.19 bits per heavy atom. The quantitative estimate of drug-likeness (QED) is 0.387. The lowest BCUT2D eigenvalue weighted by Gasteiger charge is -2.21. The van der Waals surface area contributed by atoms with Crippen molar-refractivity contribution in [2.24, 2.45) is 10.9 Å². The Morgan fingerprint density at radius 1 is 1.35 bits per heavy atom. The van der Waals surface area contributed by atoms with E-state index in [1.165, 1.54) is 19.0 Å². The molecule has 0 radical (unpaired) electrons. The van der Waals surface area contributed by atoms with E-state index in [-0.39, 0.29) is 35.8 Å². The van der Waals surface area contributed by atoms with E-state index in [1.807, 2.05) is 4.90 Å². The molecule has 2 unspecified atom stereocenters. The highest BCUT2D eigenvalue weighted by Crippen LogP contribution is 2.20. The normalized spacial score (nSPS) is 23.8. The molecule has 26 heavy (non-hydrogen) atoms. The zero-order valence-corrected chi connectivity index (χ0v) is 17.9. The summed E-state index contributed by atoms with van der Waals surface area (Å²) in [5.74, 6) is 1.71. The lowest BCUT2D eigenvalue weighted by atomic mass is 10.1. The fourth-order valence-electron chi connectivity index (χ4n) is 3.68. The van der Waals surface area contributed by atoms with Crippen LogP contribution < -0.4 is 15.5 Å². The van der Waals surface area contributed by atoms with Crippen LogP contribution in [0.25, 0.3) is 0 Å². The van der Waals surface area contributed by atoms with Crippen LogP contribution in [0.1, 0.15) is 19.8 Å². The van der Waals surface area contributed by atoms with Crippen molar-refractivity contribution in [3.8, 4) is 0 Å². The van der Waals surface area contributed by atoms with Gasteiger partial charge in [0.15, 0.2) is 17.6 Å². The van der Waals surface area contributed by atoms with Gasteiger partial charge in [-0.2, -0.15) is 0 Å². The van der Waals surface area contributed by atoms with Crippen molar-refractivity contribution in [3.05, 3.63) is 24.1 Å². The maximum Gasteiger partial charge on any atom is 0.191 e. The van der Waals surface area contributed by atoms with Crippen LogP contribution in [0.2, 0.25) is 0 Å². The SMILES string of the molecule is CCN1CCC(CNC(=NC)NC2CCN(c3ncccc3F)C2)C1.I. The number of aliphatic imine (C=N–C) groups is 1. The Balaban J connectivity index is 0.00000243. The Hall–Kier alpha value is -1.16. The van der Waals surface area contributed by atoms with Gasteiger partial charge in [-0.3, -0.25) is 4.99 Å². The molecule has 0 spiro atoms. The summed E-state index contributed by atoms with van der Waals surface area (Å²) in [5.41, 5.74) is 0. The van der Waals surface area contributed by atoms with Crippen LogP contribution in [-0.2, 0) is 0 Å². The van der Waals surface area contributed by atoms with Gasteiger partial charge in [0, 0.05) is 45.5 Å². The number of nitrogens with zero attached hydrogens (tertiary/aromatic N) is 4. The molecule has 146 valence electrons. The molecule has 1 aromatic rings. The van der Waals surface area contributed by atoms with Crippen LogP contribution in [0.15, 0.2) is 23.3 Å². The van der Waals surface area contributed by atoms with Crippen LogP contribution in [0.3, 0.4) is 0 Å². The molecular weight excluding hydrogens is 446 g/mol. The molecule has 0 aromatic carbocycles. The molecule has 0 bridgehead atoms. The topological polar surface area (TPSA) is 55.8 Å². The second kappa shape index (κ2) is 10.2. The monoisotopic (exact) mass is 476 g/mol. The Kier molecular flexibility index (Phi) is 8.33. The highest BCUT2D eigenvalue weighted by atomic mass is 127. The number of aromatic nitrogens is 1. The zero-order valence-electron chi connectivity index (χ0n) is 15.6. The van der Waals surface area contributed by atoms with Crippen molar-refractivity contribution in [2.75, 3.05) is 51.2 Å². The van der Waals surface area contributed by atoms with Crippen LogP contribution in [0.4, 0.5) is 10.2 Å². The largest absolute Gasteiger partial charge is 0.356 e. The second-order valence-electron chi connectivity index (χ2n) is 6.89. The number of rotatable bonds is 5. The molecule has 3 rings (SSSR count). The van der Waals surface area contributed by atoms with Crippen molar-refractivity contribution >= 4 is 35.8 Å². The van der Waals surface area contributed by atoms with E-state index in [0.29, 0.717) is 11.7 Å². The summed E-state index contributed by atoms with van der Waals surface area (Å²) in [6.07, 6.45) is 3.83. The van der Waals surface area contributed by atoms with Crippen LogP contribution in [0, 0.1) is 11.7 Å². The number of hydrogen-bond acceptors (Lipinski definition) is 4. The van der Waals surface area contributed by atoms with E-state index in [0.717, 1.165) is 45.1 Å². The molecule has 2 fully saturated rings. The molecule has 8 heteroatoms. The lowest BCUT2D eigenvalue weighted by molar-refractivity contribution is 0.341. The van der Waals surface area contributed by atoms with Gasteiger partial charge in [-0.25, -0.2) is 9.37 Å². The Bertz CT molecular complexity index is 599. The first kappa shape index (κ1) is 21.1. The van der Waals surface area contributed by atoms with E-state index in [1.54, 1.807) is 19.3 Å². The molecule has 2 atom stereocenters. The third kappa shape index (κ3) is 5.42. The van der Waals surface area contributed by atoms with Crippen molar-refractivity contribution in [1.82, 2.24) is 20.5 Å². The third-order valence-electron chi connectivity index (χ3n) is 5.17. The van der Waals surface area contributed by atoms with Gasteiger partial charge in [0.2, 0.25) is 0 Å². The maximum atomic E-state index is 13.9. The third-order valence-corrected chi connectivity index (χ3v) is 5.17. The minimum absolute atomic E-state index is 0. The first-order chi connectivity index (χ1) is 12.2. The second-order valence-corrected chi connectivity index (χ2v) is 6.89. The van der Waals surface area contributed by atoms with Crippen molar-refractivity contribution < 1.29 is 4.39 Å². The Labute approximate surface area is 172 Å². The van der Waals surface area contributed by atoms with Gasteiger partial charge < -0.3 is 20.4 Å². The summed E-state index contributed by atoms with van der Waals surface area (Å²) in [6.45, 7) is 8.19. The molecule has 2 N–H and O–H groups in total. The standard InChI is InChI=1S/C18H29FN6.HI/c1-3-24-9-6-14(12-24)11-22-18(20-2)23-15-7-10-25(13-15)17-16(19)5-4-8-21-17;/h4-5,8,14-15H,3,6-7,9-13H2,1-2H3,(H2,20,22,23);1H. The number of pyridine rings is 1. The lowest BCUT2D eigenvalue weighted by Crippen LogP contribution is -2.46. The number of hydrogen-bond donors (Lipinski definition) is 2. The van der Waals surface area contributed by atoms with Gasteiger partial charge in [-0.05, 0) is 44.0 Å². The molecule has 2 aliphatic rings. The van der Waals surface area contributed by atoms with Gasteiger partial charge in [-0.15, -0.1) is 24.0 Å². The summed E-state index contributed by atoms with van der Waals surface area (Å²) in [5, 5.41) is 6.92. The number of guanidine groups is 1. The fraction of sp³-hybridized carbons (Fsp3) is 0.667. The van der Waals surface area contributed by atoms with Gasteiger partial charge in [0.25, 0.3) is 0 Å². The number of anilines is 1. The first-order valence-electron chi connectivity index (χ1n) is 9.24. The molecule has 0 amide bonds. The molecule has 3 heterocycles. The van der Waals surface area contributed by atoms with Crippen molar-refractivity contribution in [1.29, 1.82) is 0 Å². The molecule has 2 aliphatic heterocycles. The van der Waals surface area contributed by atoms with E-state index in [2.05, 4.69) is 32.4 Å². The number of halogens is 2. The van der Waals surface area contributed by atoms with E-state index >= 15 is 0 Å². The maximum absolute atomic E-state index is 13.9. The summed E-state index contributed by atoms with van der Waals surface area (Å²) in [7, 11) is 1.80. The summed E-state index contributed by atoms with van der Waals surface area (Å²) >= 11 is 0. The van der Waals surface area contributed by atoms with Gasteiger partial charge in [0.05, 0.1) is 0 Å².